The fourth-order valence-electron chi connectivity index (χ4n) is 5.73. The summed E-state index contributed by atoms with van der Waals surface area (Å²) in [5.41, 5.74) is 2.45. The van der Waals surface area contributed by atoms with E-state index in [1.54, 1.807) is 24.1 Å². The minimum absolute atomic E-state index is 0.0434. The van der Waals surface area contributed by atoms with E-state index in [9.17, 15) is 14.7 Å². The number of nitrogens with zero attached hydrogens (tertiary/aromatic N) is 6. The number of carbonyl (C=O) groups is 2. The van der Waals surface area contributed by atoms with Crippen LogP contribution in [-0.4, -0.2) is 106 Å². The van der Waals surface area contributed by atoms with E-state index in [4.69, 9.17) is 25.5 Å². The van der Waals surface area contributed by atoms with Crippen molar-refractivity contribution in [3.63, 3.8) is 0 Å². The standard InChI is InChI=1S/C31H38ClN7O6/c1-20(40)38-8-10-39(11-9-38)31-35-26(12-29(36-31)34-22-16-43-17-22)27(42)4-3-23(41)15-37-7-6-25-21(14-37)2-5-28(30(25)32)44-18-24-13-33-19-45-24/h2,5,12-13,19,22-23,41H,3-4,6-11,14-18H2,1H3,(H,34,35,36)/t23-/m0/s1. The quantitative estimate of drug-likeness (QED) is 0.281. The molecule has 6 rings (SSSR count). The first-order chi connectivity index (χ1) is 21.8. The predicted octanol–water partition coefficient (Wildman–Crippen LogP) is 2.56. The molecule has 0 unspecified atom stereocenters. The Morgan fingerprint density at radius 2 is 2.00 bits per heavy atom. The van der Waals surface area contributed by atoms with Gasteiger partial charge in [0.15, 0.2) is 17.9 Å². The third-order valence-corrected chi connectivity index (χ3v) is 8.82. The molecule has 1 atom stereocenters. The number of aromatic nitrogens is 3. The molecule has 45 heavy (non-hydrogen) atoms. The smallest absolute Gasteiger partial charge is 0.228 e. The van der Waals surface area contributed by atoms with Crippen LogP contribution in [0, 0.1) is 0 Å². The van der Waals surface area contributed by atoms with Crippen LogP contribution in [0.4, 0.5) is 11.8 Å². The first kappa shape index (κ1) is 31.2. The second kappa shape index (κ2) is 14.1. The number of halogens is 1. The zero-order valence-electron chi connectivity index (χ0n) is 25.3. The molecule has 2 fully saturated rings. The molecule has 13 nitrogen and oxygen atoms in total. The number of oxazole rings is 1. The topological polar surface area (TPSA) is 146 Å². The van der Waals surface area contributed by atoms with Crippen molar-refractivity contribution in [2.24, 2.45) is 0 Å². The third kappa shape index (κ3) is 7.72. The fraction of sp³-hybridized carbons (Fsp3) is 0.516. The number of Topliss-reactive ketones (excluding diaryl/α,β-unsaturated/α-hetero) is 1. The lowest BCUT2D eigenvalue weighted by Gasteiger charge is -2.34. The van der Waals surface area contributed by atoms with Gasteiger partial charge in [-0.05, 0) is 30.0 Å². The van der Waals surface area contributed by atoms with Crippen molar-refractivity contribution in [1.82, 2.24) is 24.8 Å². The van der Waals surface area contributed by atoms with Crippen molar-refractivity contribution in [2.75, 3.05) is 62.7 Å². The maximum atomic E-state index is 13.3. The van der Waals surface area contributed by atoms with Gasteiger partial charge >= 0.3 is 0 Å². The second-order valence-corrected chi connectivity index (χ2v) is 12.1. The number of hydrogen-bond acceptors (Lipinski definition) is 12. The SMILES string of the molecule is CC(=O)N1CCN(c2nc(NC3COC3)cc(C(=O)CC[C@H](O)CN3CCc4c(ccc(OCc5cnco5)c4Cl)C3)n2)CC1. The van der Waals surface area contributed by atoms with Crippen molar-refractivity contribution in [2.45, 2.75) is 51.5 Å². The van der Waals surface area contributed by atoms with Crippen LogP contribution in [0.3, 0.4) is 0 Å². The van der Waals surface area contributed by atoms with Gasteiger partial charge < -0.3 is 34.1 Å². The Bertz CT molecular complexity index is 1490. The molecule has 1 amide bonds. The summed E-state index contributed by atoms with van der Waals surface area (Å²) in [7, 11) is 0. The summed E-state index contributed by atoms with van der Waals surface area (Å²) >= 11 is 6.68. The molecule has 2 N–H and O–H groups in total. The average Bonchev–Trinajstić information content (AvgIpc) is 3.55. The molecular weight excluding hydrogens is 602 g/mol. The van der Waals surface area contributed by atoms with Gasteiger partial charge in [-0.1, -0.05) is 17.7 Å². The number of nitrogens with one attached hydrogen (secondary N) is 1. The van der Waals surface area contributed by atoms with E-state index in [0.29, 0.717) is 92.9 Å². The number of benzene rings is 1. The third-order valence-electron chi connectivity index (χ3n) is 8.40. The lowest BCUT2D eigenvalue weighted by atomic mass is 9.98. The van der Waals surface area contributed by atoms with E-state index in [1.807, 2.05) is 17.0 Å². The van der Waals surface area contributed by atoms with Crippen LogP contribution in [0.25, 0.3) is 0 Å². The van der Waals surface area contributed by atoms with E-state index in [0.717, 1.165) is 24.1 Å². The maximum Gasteiger partial charge on any atom is 0.228 e. The van der Waals surface area contributed by atoms with Crippen LogP contribution in [0.1, 0.15) is 47.1 Å². The molecule has 3 aliphatic rings. The van der Waals surface area contributed by atoms with Crippen molar-refractivity contribution < 1.29 is 28.6 Å². The summed E-state index contributed by atoms with van der Waals surface area (Å²) in [5, 5.41) is 14.8. The molecule has 0 radical (unpaired) electrons. The van der Waals surface area contributed by atoms with Gasteiger partial charge in [0.05, 0.1) is 36.6 Å². The molecule has 0 saturated carbocycles. The van der Waals surface area contributed by atoms with E-state index >= 15 is 0 Å². The largest absolute Gasteiger partial charge is 0.484 e. The Balaban J connectivity index is 1.03. The van der Waals surface area contributed by atoms with Gasteiger partial charge in [-0.3, -0.25) is 14.5 Å². The zero-order valence-corrected chi connectivity index (χ0v) is 26.0. The van der Waals surface area contributed by atoms with Gasteiger partial charge in [-0.25, -0.2) is 9.97 Å². The van der Waals surface area contributed by atoms with Gasteiger partial charge in [-0.2, -0.15) is 4.98 Å². The Morgan fingerprint density at radius 3 is 2.71 bits per heavy atom. The number of rotatable bonds is 12. The number of anilines is 2. The molecule has 1 aromatic carbocycles. The summed E-state index contributed by atoms with van der Waals surface area (Å²) in [6, 6.07) is 5.68. The molecule has 0 bridgehead atoms. The van der Waals surface area contributed by atoms with Crippen molar-refractivity contribution in [3.05, 3.63) is 58.4 Å². The number of aliphatic hydroxyl groups excluding tert-OH is 1. The Labute approximate surface area is 266 Å². The summed E-state index contributed by atoms with van der Waals surface area (Å²) in [5.74, 6) is 2.15. The first-order valence-electron chi connectivity index (χ1n) is 15.3. The number of β-amino-alcohol motifs (C(OH)–C–C–N with tert-alkyl or cyclic N) is 1. The number of piperazine rings is 1. The second-order valence-electron chi connectivity index (χ2n) is 11.7. The van der Waals surface area contributed by atoms with Crippen LogP contribution >= 0.6 is 11.6 Å². The minimum Gasteiger partial charge on any atom is -0.484 e. The number of amides is 1. The van der Waals surface area contributed by atoms with Crippen molar-refractivity contribution in [1.29, 1.82) is 0 Å². The highest BCUT2D eigenvalue weighted by Crippen LogP contribution is 2.34. The number of ketones is 1. The summed E-state index contributed by atoms with van der Waals surface area (Å²) in [6.45, 7) is 7.13. The number of ether oxygens (including phenoxy) is 2. The van der Waals surface area contributed by atoms with Gasteiger partial charge in [0.2, 0.25) is 11.9 Å². The Hall–Kier alpha value is -3.78. The number of fused-ring (bicyclic) bond motifs is 1. The summed E-state index contributed by atoms with van der Waals surface area (Å²) < 4.78 is 16.3. The summed E-state index contributed by atoms with van der Waals surface area (Å²) in [4.78, 5) is 44.2. The fourth-order valence-corrected chi connectivity index (χ4v) is 6.07. The Morgan fingerprint density at radius 1 is 1.18 bits per heavy atom. The predicted molar refractivity (Wildman–Crippen MR) is 166 cm³/mol. The van der Waals surface area contributed by atoms with Crippen molar-refractivity contribution in [3.8, 4) is 5.75 Å². The molecule has 2 aromatic heterocycles. The first-order valence-corrected chi connectivity index (χ1v) is 15.7. The molecule has 5 heterocycles. The van der Waals surface area contributed by atoms with E-state index in [1.165, 1.54) is 6.39 Å². The highest BCUT2D eigenvalue weighted by atomic mass is 35.5. The average molecular weight is 640 g/mol. The van der Waals surface area contributed by atoms with Crippen LogP contribution < -0.4 is 15.0 Å². The molecule has 240 valence electrons. The number of aliphatic hydroxyl groups is 1. The van der Waals surface area contributed by atoms with Crippen LogP contribution in [0.5, 0.6) is 5.75 Å². The van der Waals surface area contributed by atoms with Gasteiger partial charge in [-0.15, -0.1) is 0 Å². The molecule has 3 aromatic rings. The Kier molecular flexibility index (Phi) is 9.79. The molecule has 0 spiro atoms. The lowest BCUT2D eigenvalue weighted by molar-refractivity contribution is -0.129. The molecule has 0 aliphatic carbocycles. The minimum atomic E-state index is -0.679. The molecule has 14 heteroatoms. The van der Waals surface area contributed by atoms with Crippen molar-refractivity contribution >= 4 is 35.1 Å². The van der Waals surface area contributed by atoms with E-state index in [-0.39, 0.29) is 30.8 Å². The lowest BCUT2D eigenvalue weighted by Crippen LogP contribution is -2.48. The maximum absolute atomic E-state index is 13.3. The number of carbonyl (C=O) groups excluding carboxylic acids is 2. The van der Waals surface area contributed by atoms with E-state index < -0.39 is 6.10 Å². The van der Waals surface area contributed by atoms with E-state index in [2.05, 4.69) is 25.2 Å². The molecule has 3 aliphatic heterocycles. The number of hydrogen-bond donors (Lipinski definition) is 2. The van der Waals surface area contributed by atoms with Gasteiger partial charge in [0, 0.05) is 65.2 Å². The van der Waals surface area contributed by atoms with Crippen LogP contribution in [0.2, 0.25) is 5.02 Å². The van der Waals surface area contributed by atoms with Gasteiger partial charge in [0.1, 0.15) is 23.9 Å². The van der Waals surface area contributed by atoms with Gasteiger partial charge in [0.25, 0.3) is 0 Å². The van der Waals surface area contributed by atoms with Crippen LogP contribution in [0.15, 0.2) is 35.2 Å². The zero-order chi connectivity index (χ0) is 31.3. The molecule has 2 saturated heterocycles. The highest BCUT2D eigenvalue weighted by Gasteiger charge is 2.26. The highest BCUT2D eigenvalue weighted by molar-refractivity contribution is 6.33. The summed E-state index contributed by atoms with van der Waals surface area (Å²) in [6.07, 6.45) is 3.49. The monoisotopic (exact) mass is 639 g/mol. The normalized spacial score (nSPS) is 17.8. The van der Waals surface area contributed by atoms with Crippen LogP contribution in [-0.2, 0) is 29.1 Å². The molecular formula is C31H38ClN7O6.